The summed E-state index contributed by atoms with van der Waals surface area (Å²) in [5, 5.41) is 15.7. The van der Waals surface area contributed by atoms with Crippen molar-refractivity contribution in [3.8, 4) is 17.2 Å². The summed E-state index contributed by atoms with van der Waals surface area (Å²) in [6.45, 7) is 5.03. The lowest BCUT2D eigenvalue weighted by Gasteiger charge is -2.20. The summed E-state index contributed by atoms with van der Waals surface area (Å²) in [4.78, 5) is 16.9. The molecule has 0 atom stereocenters. The Kier molecular flexibility index (Phi) is 8.86. The van der Waals surface area contributed by atoms with Gasteiger partial charge in [-0.3, -0.25) is 10.2 Å². The van der Waals surface area contributed by atoms with Crippen molar-refractivity contribution in [2.75, 3.05) is 19.8 Å². The zero-order valence-electron chi connectivity index (χ0n) is 19.7. The van der Waals surface area contributed by atoms with Gasteiger partial charge in [0, 0.05) is 4.47 Å². The van der Waals surface area contributed by atoms with Crippen LogP contribution in [0, 0.1) is 5.41 Å². The van der Waals surface area contributed by atoms with Crippen LogP contribution < -0.4 is 14.2 Å². The molecule has 1 N–H and O–H groups in total. The lowest BCUT2D eigenvalue weighted by molar-refractivity contribution is -0.114. The van der Waals surface area contributed by atoms with Gasteiger partial charge in [0.25, 0.3) is 5.91 Å². The molecular formula is C25H24Br2N4O4S. The second-order valence-corrected chi connectivity index (χ2v) is 10.5. The SMILES string of the molecule is CCCC1=NN2C(=N)/C(=C/c3cc(Br)c(OCCOc4ccc(Br)cc4)c(OCC)c3)C(=O)N=C2S1. The van der Waals surface area contributed by atoms with Gasteiger partial charge in [-0.05, 0) is 95.5 Å². The monoisotopic (exact) mass is 634 g/mol. The fourth-order valence-electron chi connectivity index (χ4n) is 3.42. The Morgan fingerprint density at radius 2 is 1.83 bits per heavy atom. The van der Waals surface area contributed by atoms with Crippen molar-refractivity contribution in [1.82, 2.24) is 5.01 Å². The highest BCUT2D eigenvalue weighted by molar-refractivity contribution is 9.10. The Labute approximate surface area is 230 Å². The number of carbonyl (C=O) groups is 1. The lowest BCUT2D eigenvalue weighted by atomic mass is 10.1. The molecule has 2 aliphatic rings. The van der Waals surface area contributed by atoms with Crippen LogP contribution in [0.3, 0.4) is 0 Å². The number of aliphatic imine (C=N–C) groups is 1. The zero-order valence-corrected chi connectivity index (χ0v) is 23.7. The number of rotatable bonds is 10. The van der Waals surface area contributed by atoms with Crippen LogP contribution in [0.25, 0.3) is 6.08 Å². The van der Waals surface area contributed by atoms with Crippen LogP contribution in [-0.2, 0) is 4.79 Å². The highest BCUT2D eigenvalue weighted by Crippen LogP contribution is 2.38. The molecule has 188 valence electrons. The average molecular weight is 636 g/mol. The molecule has 2 aromatic carbocycles. The fourth-order valence-corrected chi connectivity index (χ4v) is 5.25. The van der Waals surface area contributed by atoms with Crippen molar-refractivity contribution in [2.24, 2.45) is 10.1 Å². The molecule has 2 aliphatic heterocycles. The van der Waals surface area contributed by atoms with E-state index in [0.29, 0.717) is 46.5 Å². The number of hydrogen-bond donors (Lipinski definition) is 1. The number of halogens is 2. The van der Waals surface area contributed by atoms with Gasteiger partial charge < -0.3 is 14.2 Å². The molecule has 0 fully saturated rings. The van der Waals surface area contributed by atoms with Crippen LogP contribution in [0.1, 0.15) is 32.3 Å². The van der Waals surface area contributed by atoms with E-state index >= 15 is 0 Å². The topological polar surface area (TPSA) is 96.6 Å². The number of hydrazone groups is 1. The van der Waals surface area contributed by atoms with E-state index in [0.717, 1.165) is 28.1 Å². The van der Waals surface area contributed by atoms with Gasteiger partial charge in [-0.2, -0.15) is 15.1 Å². The molecular weight excluding hydrogens is 612 g/mol. The van der Waals surface area contributed by atoms with Crippen LogP contribution in [0.2, 0.25) is 0 Å². The fraction of sp³-hybridized carbons (Fsp3) is 0.280. The Morgan fingerprint density at radius 3 is 2.56 bits per heavy atom. The number of carbonyl (C=O) groups excluding carboxylic acids is 1. The van der Waals surface area contributed by atoms with Gasteiger partial charge in [0.2, 0.25) is 5.17 Å². The number of benzene rings is 2. The standard InChI is InChI=1S/C25H24Br2N4O4S/c1-3-5-21-30-31-23(28)18(24(32)29-25(31)36-21)12-15-13-19(27)22(20(14-15)33-4-2)35-11-10-34-17-8-6-16(26)7-9-17/h6-9,12-14,28H,3-5,10-11H2,1-2H3/b18-12-,28-23?. The third-order valence-corrected chi connectivity index (χ3v) is 7.10. The molecule has 8 nitrogen and oxygen atoms in total. The summed E-state index contributed by atoms with van der Waals surface area (Å²) in [5.74, 6) is 1.34. The minimum Gasteiger partial charge on any atom is -0.490 e. The number of fused-ring (bicyclic) bond motifs is 1. The Hall–Kier alpha value is -2.63. The van der Waals surface area contributed by atoms with Crippen molar-refractivity contribution < 1.29 is 19.0 Å². The Bertz CT molecular complexity index is 1260. The molecule has 4 rings (SSSR count). The molecule has 2 aromatic rings. The van der Waals surface area contributed by atoms with Crippen LogP contribution in [-0.4, -0.2) is 46.8 Å². The van der Waals surface area contributed by atoms with E-state index in [1.54, 1.807) is 12.1 Å². The van der Waals surface area contributed by atoms with E-state index in [-0.39, 0.29) is 11.4 Å². The second-order valence-electron chi connectivity index (χ2n) is 7.68. The highest BCUT2D eigenvalue weighted by atomic mass is 79.9. The third-order valence-electron chi connectivity index (χ3n) is 5.02. The molecule has 0 unspecified atom stereocenters. The first kappa shape index (κ1) is 26.4. The number of amidine groups is 2. The maximum Gasteiger partial charge on any atom is 0.283 e. The smallest absolute Gasteiger partial charge is 0.283 e. The molecule has 1 amide bonds. The number of amides is 1. The minimum atomic E-state index is -0.466. The van der Waals surface area contributed by atoms with E-state index < -0.39 is 5.91 Å². The molecule has 0 aromatic heterocycles. The number of thioether (sulfide) groups is 1. The highest BCUT2D eigenvalue weighted by Gasteiger charge is 2.35. The van der Waals surface area contributed by atoms with Gasteiger partial charge in [-0.1, -0.05) is 22.9 Å². The molecule has 36 heavy (non-hydrogen) atoms. The summed E-state index contributed by atoms with van der Waals surface area (Å²) >= 11 is 8.30. The predicted octanol–water partition coefficient (Wildman–Crippen LogP) is 6.49. The van der Waals surface area contributed by atoms with Gasteiger partial charge in [-0.15, -0.1) is 0 Å². The van der Waals surface area contributed by atoms with Gasteiger partial charge in [0.1, 0.15) is 24.0 Å². The maximum atomic E-state index is 12.7. The van der Waals surface area contributed by atoms with Crippen molar-refractivity contribution in [3.05, 3.63) is 56.5 Å². The van der Waals surface area contributed by atoms with Crippen molar-refractivity contribution in [2.45, 2.75) is 26.7 Å². The number of ether oxygens (including phenoxy) is 3. The van der Waals surface area contributed by atoms with Crippen LogP contribution >= 0.6 is 43.6 Å². The average Bonchev–Trinajstić information content (AvgIpc) is 3.25. The molecule has 11 heteroatoms. The van der Waals surface area contributed by atoms with Gasteiger partial charge >= 0.3 is 0 Å². The van der Waals surface area contributed by atoms with Crippen LogP contribution in [0.5, 0.6) is 17.2 Å². The summed E-state index contributed by atoms with van der Waals surface area (Å²) < 4.78 is 19.1. The van der Waals surface area contributed by atoms with Gasteiger partial charge in [0.15, 0.2) is 17.3 Å². The van der Waals surface area contributed by atoms with E-state index in [2.05, 4.69) is 48.9 Å². The third kappa shape index (κ3) is 6.19. The van der Waals surface area contributed by atoms with E-state index in [1.165, 1.54) is 16.8 Å². The Morgan fingerprint density at radius 1 is 1.08 bits per heavy atom. The van der Waals surface area contributed by atoms with E-state index in [4.69, 9.17) is 19.6 Å². The molecule has 0 radical (unpaired) electrons. The van der Waals surface area contributed by atoms with E-state index in [9.17, 15) is 4.79 Å². The summed E-state index contributed by atoms with van der Waals surface area (Å²) in [7, 11) is 0. The van der Waals surface area contributed by atoms with Gasteiger partial charge in [-0.25, -0.2) is 0 Å². The van der Waals surface area contributed by atoms with Crippen LogP contribution in [0.4, 0.5) is 0 Å². The van der Waals surface area contributed by atoms with Crippen molar-refractivity contribution in [3.63, 3.8) is 0 Å². The normalized spacial score (nSPS) is 16.1. The lowest BCUT2D eigenvalue weighted by Crippen LogP contribution is -2.35. The molecule has 0 aliphatic carbocycles. The predicted molar refractivity (Wildman–Crippen MR) is 150 cm³/mol. The number of nitrogens with zero attached hydrogens (tertiary/aromatic N) is 3. The second kappa shape index (κ2) is 12.1. The van der Waals surface area contributed by atoms with E-state index in [1.807, 2.05) is 37.3 Å². The first-order valence-corrected chi connectivity index (χ1v) is 13.8. The molecule has 0 saturated heterocycles. The zero-order chi connectivity index (χ0) is 25.7. The van der Waals surface area contributed by atoms with Crippen molar-refractivity contribution in [1.29, 1.82) is 5.41 Å². The minimum absolute atomic E-state index is 0.00287. The largest absolute Gasteiger partial charge is 0.490 e. The quantitative estimate of drug-likeness (QED) is 0.237. The molecule has 0 bridgehead atoms. The summed E-state index contributed by atoms with van der Waals surface area (Å²) in [5.41, 5.74) is 0.826. The Balaban J connectivity index is 1.50. The number of nitrogens with one attached hydrogen (secondary N) is 1. The summed E-state index contributed by atoms with van der Waals surface area (Å²) in [6.07, 6.45) is 3.33. The van der Waals surface area contributed by atoms with Crippen LogP contribution in [0.15, 0.2) is 61.0 Å². The first-order chi connectivity index (χ1) is 17.4. The number of hydrogen-bond acceptors (Lipinski definition) is 7. The maximum absolute atomic E-state index is 12.7. The van der Waals surface area contributed by atoms with Gasteiger partial charge in [0.05, 0.1) is 16.7 Å². The first-order valence-electron chi connectivity index (χ1n) is 11.4. The van der Waals surface area contributed by atoms with Crippen molar-refractivity contribution >= 4 is 71.7 Å². The molecule has 2 heterocycles. The molecule has 0 saturated carbocycles. The summed E-state index contributed by atoms with van der Waals surface area (Å²) in [6, 6.07) is 11.2. The molecule has 0 spiro atoms.